The molecule has 0 aliphatic heterocycles. The lowest BCUT2D eigenvalue weighted by Crippen LogP contribution is -2.31. The maximum absolute atomic E-state index is 12.7. The van der Waals surface area contributed by atoms with Crippen LogP contribution in [0.25, 0.3) is 11.4 Å². The van der Waals surface area contributed by atoms with Crippen LogP contribution in [0.4, 0.5) is 13.2 Å². The van der Waals surface area contributed by atoms with Gasteiger partial charge in [0.05, 0.1) is 0 Å². The van der Waals surface area contributed by atoms with Gasteiger partial charge in [0, 0.05) is 18.1 Å². The zero-order chi connectivity index (χ0) is 20.5. The van der Waals surface area contributed by atoms with E-state index in [0.29, 0.717) is 40.3 Å². The molecule has 0 aliphatic rings. The van der Waals surface area contributed by atoms with Crippen molar-refractivity contribution in [3.05, 3.63) is 58.4 Å². The predicted molar refractivity (Wildman–Crippen MR) is 93.7 cm³/mol. The first-order chi connectivity index (χ1) is 13.2. The first kappa shape index (κ1) is 19.7. The molecule has 0 fully saturated rings. The van der Waals surface area contributed by atoms with E-state index in [0.717, 1.165) is 11.2 Å². The van der Waals surface area contributed by atoms with Crippen molar-refractivity contribution >= 4 is 0 Å². The summed E-state index contributed by atoms with van der Waals surface area (Å²) in [5.41, 5.74) is 2.22. The van der Waals surface area contributed by atoms with E-state index in [1.54, 1.807) is 38.1 Å². The van der Waals surface area contributed by atoms with Crippen molar-refractivity contribution < 1.29 is 27.2 Å². The third-order valence-electron chi connectivity index (χ3n) is 4.11. The maximum atomic E-state index is 12.7. The van der Waals surface area contributed by atoms with Gasteiger partial charge >= 0.3 is 12.1 Å². The van der Waals surface area contributed by atoms with E-state index in [4.69, 9.17) is 4.74 Å². The smallest absolute Gasteiger partial charge is 0.471 e. The van der Waals surface area contributed by atoms with E-state index in [-0.39, 0.29) is 5.82 Å². The predicted octanol–water partition coefficient (Wildman–Crippen LogP) is 4.75. The molecular formula is C19H18F3N3O3. The summed E-state index contributed by atoms with van der Waals surface area (Å²) in [6, 6.07) is 6.53. The maximum Gasteiger partial charge on any atom is 0.471 e. The quantitative estimate of drug-likeness (QED) is 0.462. The molecular weight excluding hydrogens is 375 g/mol. The highest BCUT2D eigenvalue weighted by molar-refractivity contribution is 5.61. The van der Waals surface area contributed by atoms with Gasteiger partial charge in [-0.2, -0.15) is 22.9 Å². The Bertz CT molecular complexity index is 977. The van der Waals surface area contributed by atoms with E-state index >= 15 is 0 Å². The van der Waals surface area contributed by atoms with Crippen LogP contribution in [-0.2, 0) is 12.6 Å². The highest BCUT2D eigenvalue weighted by Gasteiger charge is 2.38. The molecule has 148 valence electrons. The second kappa shape index (κ2) is 7.49. The van der Waals surface area contributed by atoms with Crippen molar-refractivity contribution in [1.29, 1.82) is 0 Å². The molecule has 2 heterocycles. The van der Waals surface area contributed by atoms with Gasteiger partial charge in [-0.3, -0.25) is 0 Å². The minimum absolute atomic E-state index is 0.158. The monoisotopic (exact) mass is 393 g/mol. The number of hydrogen-bond acceptors (Lipinski definition) is 5. The fourth-order valence-corrected chi connectivity index (χ4v) is 2.87. The van der Waals surface area contributed by atoms with Gasteiger partial charge in [0.15, 0.2) is 11.9 Å². The van der Waals surface area contributed by atoms with Crippen molar-refractivity contribution in [2.24, 2.45) is 0 Å². The number of halogens is 3. The van der Waals surface area contributed by atoms with E-state index in [1.807, 2.05) is 6.92 Å². The number of pyridine rings is 1. The molecule has 0 bridgehead atoms. The molecule has 1 aromatic carbocycles. The molecule has 0 N–H and O–H groups in total. The Balaban J connectivity index is 1.96. The van der Waals surface area contributed by atoms with E-state index in [2.05, 4.69) is 14.7 Å². The number of aromatic nitrogens is 3. The summed E-state index contributed by atoms with van der Waals surface area (Å²) in [4.78, 5) is 3.41. The van der Waals surface area contributed by atoms with Gasteiger partial charge < -0.3 is 14.5 Å². The van der Waals surface area contributed by atoms with Gasteiger partial charge in [-0.1, -0.05) is 12.1 Å². The molecule has 0 saturated heterocycles. The molecule has 28 heavy (non-hydrogen) atoms. The number of hydrogen-bond donors (Lipinski definition) is 0. The molecule has 2 aromatic heterocycles. The Hall–Kier alpha value is -3.10. The van der Waals surface area contributed by atoms with Crippen LogP contribution < -0.4 is 9.47 Å². The number of rotatable bonds is 5. The van der Waals surface area contributed by atoms with Crippen LogP contribution in [0.2, 0.25) is 0 Å². The van der Waals surface area contributed by atoms with Crippen LogP contribution in [0, 0.1) is 19.1 Å². The Kier molecular flexibility index (Phi) is 5.26. The van der Waals surface area contributed by atoms with Crippen molar-refractivity contribution in [2.75, 3.05) is 0 Å². The first-order valence-corrected chi connectivity index (χ1v) is 8.62. The van der Waals surface area contributed by atoms with Gasteiger partial charge in [-0.25, -0.2) is 0 Å². The molecule has 0 spiro atoms. The molecule has 0 aliphatic carbocycles. The average Bonchev–Trinajstić information content (AvgIpc) is 3.11. The largest absolute Gasteiger partial charge is 0.618 e. The number of alkyl halides is 3. The van der Waals surface area contributed by atoms with Crippen molar-refractivity contribution in [3.63, 3.8) is 0 Å². The fourth-order valence-electron chi connectivity index (χ4n) is 2.87. The third kappa shape index (κ3) is 3.92. The SMILES string of the molecule is CCCc1c(Oc2c(C)cc(-c3noc(C(F)(F)F)n3)cc2C)ccc[n+]1[O-]. The standard InChI is InChI=1S/C19H18F3N3O3/c1-4-6-14-15(7-5-8-25(14)26)27-16-11(2)9-13(10-12(16)3)17-23-18(28-24-17)19(20,21)22/h5,7-10H,4,6H2,1-3H3. The summed E-state index contributed by atoms with van der Waals surface area (Å²) < 4.78 is 49.1. The second-order valence-electron chi connectivity index (χ2n) is 6.36. The highest BCUT2D eigenvalue weighted by Crippen LogP contribution is 2.35. The third-order valence-corrected chi connectivity index (χ3v) is 4.11. The molecule has 0 radical (unpaired) electrons. The molecule has 9 heteroatoms. The van der Waals surface area contributed by atoms with E-state index in [9.17, 15) is 18.4 Å². The molecule has 3 rings (SSSR count). The number of nitrogens with zero attached hydrogens (tertiary/aromatic N) is 3. The van der Waals surface area contributed by atoms with Gasteiger partial charge in [0.1, 0.15) is 5.75 Å². The summed E-state index contributed by atoms with van der Waals surface area (Å²) in [7, 11) is 0. The summed E-state index contributed by atoms with van der Waals surface area (Å²) >= 11 is 0. The van der Waals surface area contributed by atoms with E-state index < -0.39 is 12.1 Å². The zero-order valence-corrected chi connectivity index (χ0v) is 15.5. The van der Waals surface area contributed by atoms with Gasteiger partial charge in [0.2, 0.25) is 11.5 Å². The van der Waals surface area contributed by atoms with Gasteiger partial charge in [-0.15, -0.1) is 0 Å². The number of benzene rings is 1. The van der Waals surface area contributed by atoms with Crippen LogP contribution >= 0.6 is 0 Å². The molecule has 0 saturated carbocycles. The lowest BCUT2D eigenvalue weighted by molar-refractivity contribution is -0.614. The lowest BCUT2D eigenvalue weighted by atomic mass is 10.1. The van der Waals surface area contributed by atoms with Crippen LogP contribution in [0.1, 0.15) is 36.1 Å². The van der Waals surface area contributed by atoms with Gasteiger partial charge in [0.25, 0.3) is 0 Å². The Morgan fingerprint density at radius 1 is 1.21 bits per heavy atom. The molecule has 6 nitrogen and oxygen atoms in total. The van der Waals surface area contributed by atoms with Crippen molar-refractivity contribution in [2.45, 2.75) is 39.8 Å². The normalized spacial score (nSPS) is 11.6. The summed E-state index contributed by atoms with van der Waals surface area (Å²) in [5.74, 6) is -0.593. The number of ether oxygens (including phenoxy) is 1. The van der Waals surface area contributed by atoms with Crippen LogP contribution in [0.15, 0.2) is 35.0 Å². The second-order valence-corrected chi connectivity index (χ2v) is 6.36. The molecule has 0 amide bonds. The molecule has 0 atom stereocenters. The topological polar surface area (TPSA) is 75.1 Å². The fraction of sp³-hybridized carbons (Fsp3) is 0.316. The minimum atomic E-state index is -4.70. The minimum Gasteiger partial charge on any atom is -0.618 e. The summed E-state index contributed by atoms with van der Waals surface area (Å²) in [6.45, 7) is 5.47. The summed E-state index contributed by atoms with van der Waals surface area (Å²) in [5, 5.41) is 15.4. The molecule has 0 unspecified atom stereocenters. The van der Waals surface area contributed by atoms with Crippen LogP contribution in [-0.4, -0.2) is 10.1 Å². The van der Waals surface area contributed by atoms with Crippen molar-refractivity contribution in [1.82, 2.24) is 10.1 Å². The van der Waals surface area contributed by atoms with Gasteiger partial charge in [-0.05, 0) is 49.6 Å². The Morgan fingerprint density at radius 2 is 1.89 bits per heavy atom. The Morgan fingerprint density at radius 3 is 2.46 bits per heavy atom. The van der Waals surface area contributed by atoms with Crippen LogP contribution in [0.3, 0.4) is 0 Å². The molecule has 3 aromatic rings. The Labute approximate surface area is 159 Å². The first-order valence-electron chi connectivity index (χ1n) is 8.62. The van der Waals surface area contributed by atoms with Crippen molar-refractivity contribution in [3.8, 4) is 22.9 Å². The summed E-state index contributed by atoms with van der Waals surface area (Å²) in [6.07, 6.45) is -1.96. The van der Waals surface area contributed by atoms with E-state index in [1.165, 1.54) is 6.20 Å². The van der Waals surface area contributed by atoms with Crippen LogP contribution in [0.5, 0.6) is 11.5 Å². The number of aryl methyl sites for hydroxylation is 2. The highest BCUT2D eigenvalue weighted by atomic mass is 19.4. The zero-order valence-electron chi connectivity index (χ0n) is 15.5. The average molecular weight is 393 g/mol. The lowest BCUT2D eigenvalue weighted by Gasteiger charge is -2.15.